The van der Waals surface area contributed by atoms with Crippen LogP contribution in [0.25, 0.3) is 10.9 Å². The quantitative estimate of drug-likeness (QED) is 0.871. The number of fused-ring (bicyclic) bond motifs is 5. The van der Waals surface area contributed by atoms with Gasteiger partial charge in [0.1, 0.15) is 0 Å². The van der Waals surface area contributed by atoms with E-state index >= 15 is 0 Å². The molecule has 1 saturated heterocycles. The highest BCUT2D eigenvalue weighted by molar-refractivity contribution is 6.00. The molecule has 0 radical (unpaired) electrons. The molecule has 1 fully saturated rings. The topological polar surface area (TPSA) is 56.4 Å². The van der Waals surface area contributed by atoms with Crippen molar-refractivity contribution in [3.8, 4) is 0 Å². The molecule has 3 heterocycles. The molecular formula is C20H25N3O2. The van der Waals surface area contributed by atoms with Gasteiger partial charge in [0.05, 0.1) is 12.2 Å². The number of para-hydroxylation sites is 1. The number of aromatic nitrogens is 1. The number of carbonyl (C=O) groups is 2. The van der Waals surface area contributed by atoms with Crippen molar-refractivity contribution in [2.75, 3.05) is 19.6 Å². The van der Waals surface area contributed by atoms with E-state index < -0.39 is 5.54 Å². The third kappa shape index (κ3) is 2.29. The van der Waals surface area contributed by atoms with Crippen LogP contribution in [0.5, 0.6) is 0 Å². The lowest BCUT2D eigenvalue weighted by Crippen LogP contribution is -2.67. The first-order valence-electron chi connectivity index (χ1n) is 9.27. The first-order chi connectivity index (χ1) is 12.1. The van der Waals surface area contributed by atoms with E-state index in [1.54, 1.807) is 9.80 Å². The summed E-state index contributed by atoms with van der Waals surface area (Å²) < 4.78 is 0. The van der Waals surface area contributed by atoms with Gasteiger partial charge in [0.25, 0.3) is 5.91 Å². The zero-order valence-corrected chi connectivity index (χ0v) is 15.0. The maximum absolute atomic E-state index is 13.4. The summed E-state index contributed by atoms with van der Waals surface area (Å²) in [4.78, 5) is 33.1. The predicted octanol–water partition coefficient (Wildman–Crippen LogP) is 2.80. The molecule has 0 bridgehead atoms. The molecule has 1 aromatic heterocycles. The van der Waals surface area contributed by atoms with Gasteiger partial charge in [-0.25, -0.2) is 0 Å². The van der Waals surface area contributed by atoms with Crippen LogP contribution in [0, 0.1) is 0 Å². The van der Waals surface area contributed by atoms with E-state index in [9.17, 15) is 9.59 Å². The van der Waals surface area contributed by atoms with Gasteiger partial charge in [0.2, 0.25) is 5.91 Å². The maximum Gasteiger partial charge on any atom is 0.254 e. The third-order valence-corrected chi connectivity index (χ3v) is 5.79. The molecule has 2 amide bonds. The van der Waals surface area contributed by atoms with E-state index in [1.165, 1.54) is 10.9 Å². The molecule has 1 N–H and O–H groups in total. The zero-order chi connectivity index (χ0) is 17.6. The van der Waals surface area contributed by atoms with E-state index in [4.69, 9.17) is 0 Å². The number of hydrogen-bond acceptors (Lipinski definition) is 2. The number of nitrogens with one attached hydrogen (secondary N) is 1. The molecule has 4 rings (SSSR count). The fourth-order valence-electron chi connectivity index (χ4n) is 4.42. The number of piperazine rings is 1. The van der Waals surface area contributed by atoms with Crippen molar-refractivity contribution in [2.45, 2.75) is 45.1 Å². The first kappa shape index (κ1) is 16.2. The molecule has 1 atom stereocenters. The standard InChI is InChI=1S/C20H25N3O2/c1-3-4-7-11-22-13-17(24)23-12-10-15-14-8-5-6-9-16(14)21-18(15)20(23,2)19(22)25/h5-6,8-9,21H,3-4,7,10-13H2,1-2H3/t20-/m1/s1. The Bertz CT molecular complexity index is 841. The molecule has 0 unspecified atom stereocenters. The molecule has 1 aromatic carbocycles. The van der Waals surface area contributed by atoms with Crippen molar-refractivity contribution in [3.63, 3.8) is 0 Å². The van der Waals surface area contributed by atoms with Gasteiger partial charge in [-0.2, -0.15) is 0 Å². The van der Waals surface area contributed by atoms with Crippen molar-refractivity contribution < 1.29 is 9.59 Å². The fourth-order valence-corrected chi connectivity index (χ4v) is 4.42. The summed E-state index contributed by atoms with van der Waals surface area (Å²) in [6, 6.07) is 8.15. The van der Waals surface area contributed by atoms with Gasteiger partial charge < -0.3 is 14.8 Å². The molecule has 5 heteroatoms. The Balaban J connectivity index is 1.78. The molecule has 0 spiro atoms. The number of carbonyl (C=O) groups excluding carboxylic acids is 2. The molecule has 0 saturated carbocycles. The number of unbranched alkanes of at least 4 members (excludes halogenated alkanes) is 2. The average molecular weight is 339 g/mol. The van der Waals surface area contributed by atoms with Crippen LogP contribution in [0.15, 0.2) is 24.3 Å². The van der Waals surface area contributed by atoms with Gasteiger partial charge >= 0.3 is 0 Å². The smallest absolute Gasteiger partial charge is 0.254 e. The highest BCUT2D eigenvalue weighted by atomic mass is 16.2. The number of rotatable bonds is 4. The van der Waals surface area contributed by atoms with Gasteiger partial charge in [-0.05, 0) is 31.4 Å². The summed E-state index contributed by atoms with van der Waals surface area (Å²) in [5, 5.41) is 1.17. The SMILES string of the molecule is CCCCCN1CC(=O)N2CCc3c([nH]c4ccccc34)[C@]2(C)C1=O. The first-order valence-corrected chi connectivity index (χ1v) is 9.27. The van der Waals surface area contributed by atoms with Crippen LogP contribution in [0.3, 0.4) is 0 Å². The van der Waals surface area contributed by atoms with E-state index in [1.807, 2.05) is 25.1 Å². The van der Waals surface area contributed by atoms with E-state index in [-0.39, 0.29) is 18.4 Å². The zero-order valence-electron chi connectivity index (χ0n) is 15.0. The summed E-state index contributed by atoms with van der Waals surface area (Å²) in [6.07, 6.45) is 3.93. The van der Waals surface area contributed by atoms with Crippen LogP contribution in [0.4, 0.5) is 0 Å². The number of H-pyrrole nitrogens is 1. The van der Waals surface area contributed by atoms with Crippen LogP contribution in [-0.2, 0) is 21.5 Å². The molecular weight excluding hydrogens is 314 g/mol. The van der Waals surface area contributed by atoms with Crippen molar-refractivity contribution in [3.05, 3.63) is 35.5 Å². The maximum atomic E-state index is 13.4. The second-order valence-corrected chi connectivity index (χ2v) is 7.33. The molecule has 2 aliphatic rings. The van der Waals surface area contributed by atoms with Gasteiger partial charge in [0, 0.05) is 24.0 Å². The minimum atomic E-state index is -0.909. The van der Waals surface area contributed by atoms with Gasteiger partial charge in [0.15, 0.2) is 5.54 Å². The Morgan fingerprint density at radius 1 is 1.20 bits per heavy atom. The molecule has 25 heavy (non-hydrogen) atoms. The Morgan fingerprint density at radius 2 is 2.00 bits per heavy atom. The summed E-state index contributed by atoms with van der Waals surface area (Å²) in [6.45, 7) is 5.54. The number of benzene rings is 1. The minimum absolute atomic E-state index is 0.0516. The largest absolute Gasteiger partial charge is 0.356 e. The van der Waals surface area contributed by atoms with Crippen LogP contribution in [-0.4, -0.2) is 46.2 Å². The third-order valence-electron chi connectivity index (χ3n) is 5.79. The van der Waals surface area contributed by atoms with Gasteiger partial charge in [-0.3, -0.25) is 9.59 Å². The second kappa shape index (κ2) is 5.90. The fraction of sp³-hybridized carbons (Fsp3) is 0.500. The van der Waals surface area contributed by atoms with Crippen LogP contribution in [0.2, 0.25) is 0 Å². The number of aromatic amines is 1. The lowest BCUT2D eigenvalue weighted by Gasteiger charge is -2.49. The summed E-state index contributed by atoms with van der Waals surface area (Å²) in [7, 11) is 0. The van der Waals surface area contributed by atoms with Crippen molar-refractivity contribution in [1.82, 2.24) is 14.8 Å². The Morgan fingerprint density at radius 3 is 2.80 bits per heavy atom. The van der Waals surface area contributed by atoms with Gasteiger partial charge in [-0.1, -0.05) is 38.0 Å². The highest BCUT2D eigenvalue weighted by Crippen LogP contribution is 2.41. The lowest BCUT2D eigenvalue weighted by atomic mass is 9.83. The van der Waals surface area contributed by atoms with Crippen molar-refractivity contribution in [2.24, 2.45) is 0 Å². The average Bonchev–Trinajstić information content (AvgIpc) is 3.00. The van der Waals surface area contributed by atoms with Crippen molar-refractivity contribution in [1.29, 1.82) is 0 Å². The minimum Gasteiger partial charge on any atom is -0.356 e. The van der Waals surface area contributed by atoms with Crippen LogP contribution >= 0.6 is 0 Å². The van der Waals surface area contributed by atoms with E-state index in [0.29, 0.717) is 13.1 Å². The number of nitrogens with zero attached hydrogens (tertiary/aromatic N) is 2. The summed E-state index contributed by atoms with van der Waals surface area (Å²) >= 11 is 0. The summed E-state index contributed by atoms with van der Waals surface area (Å²) in [5.41, 5.74) is 2.22. The Labute approximate surface area is 148 Å². The van der Waals surface area contributed by atoms with Crippen molar-refractivity contribution >= 4 is 22.7 Å². The Hall–Kier alpha value is -2.30. The highest BCUT2D eigenvalue weighted by Gasteiger charge is 2.53. The lowest BCUT2D eigenvalue weighted by molar-refractivity contribution is -0.166. The number of hydrogen-bond donors (Lipinski definition) is 1. The molecule has 132 valence electrons. The number of amides is 2. The molecule has 5 nitrogen and oxygen atoms in total. The molecule has 2 aliphatic heterocycles. The monoisotopic (exact) mass is 339 g/mol. The molecule has 2 aromatic rings. The predicted molar refractivity (Wildman–Crippen MR) is 97.2 cm³/mol. The Kier molecular flexibility index (Phi) is 3.82. The van der Waals surface area contributed by atoms with Crippen LogP contribution < -0.4 is 0 Å². The normalized spacial score (nSPS) is 23.1. The van der Waals surface area contributed by atoms with Crippen LogP contribution in [0.1, 0.15) is 44.4 Å². The van der Waals surface area contributed by atoms with E-state index in [0.717, 1.165) is 36.9 Å². The summed E-state index contributed by atoms with van der Waals surface area (Å²) in [5.74, 6) is 0.110. The second-order valence-electron chi connectivity index (χ2n) is 7.33. The van der Waals surface area contributed by atoms with E-state index in [2.05, 4.69) is 18.0 Å². The van der Waals surface area contributed by atoms with Gasteiger partial charge in [-0.15, -0.1) is 0 Å². The molecule has 0 aliphatic carbocycles.